The van der Waals surface area contributed by atoms with Crippen molar-refractivity contribution in [3.05, 3.63) is 59.2 Å². The van der Waals surface area contributed by atoms with Gasteiger partial charge in [-0.15, -0.1) is 0 Å². The lowest BCUT2D eigenvalue weighted by Gasteiger charge is -2.34. The van der Waals surface area contributed by atoms with Crippen LogP contribution in [0.15, 0.2) is 48.1 Å². The van der Waals surface area contributed by atoms with Crippen LogP contribution in [0.2, 0.25) is 0 Å². The highest BCUT2D eigenvalue weighted by molar-refractivity contribution is 5.32. The Bertz CT molecular complexity index is 604. The molecule has 29 heavy (non-hydrogen) atoms. The Balaban J connectivity index is 0.00000145. The van der Waals surface area contributed by atoms with Crippen molar-refractivity contribution in [2.24, 2.45) is 17.8 Å². The van der Waals surface area contributed by atoms with Gasteiger partial charge in [0.05, 0.1) is 0 Å². The van der Waals surface area contributed by atoms with Crippen molar-refractivity contribution >= 4 is 0 Å². The van der Waals surface area contributed by atoms with Crippen LogP contribution in [-0.2, 0) is 0 Å². The minimum absolute atomic E-state index is 0.592. The Morgan fingerprint density at radius 2 is 1.48 bits per heavy atom. The smallest absolute Gasteiger partial charge is 0.00241 e. The Hall–Kier alpha value is -1.30. The van der Waals surface area contributed by atoms with Crippen molar-refractivity contribution in [1.82, 2.24) is 0 Å². The maximum absolute atomic E-state index is 2.56. The molecule has 1 unspecified atom stereocenters. The molecule has 0 N–H and O–H groups in total. The normalized spacial score (nSPS) is 24.5. The summed E-state index contributed by atoms with van der Waals surface area (Å²) in [5.74, 6) is 3.40. The first-order valence-corrected chi connectivity index (χ1v) is 12.7. The first kappa shape index (κ1) is 24.0. The van der Waals surface area contributed by atoms with Gasteiger partial charge in [-0.1, -0.05) is 101 Å². The van der Waals surface area contributed by atoms with Crippen LogP contribution in [0.5, 0.6) is 0 Å². The number of hydrogen-bond acceptors (Lipinski definition) is 0. The average molecular weight is 395 g/mol. The fourth-order valence-corrected chi connectivity index (χ4v) is 5.50. The van der Waals surface area contributed by atoms with E-state index in [4.69, 9.17) is 0 Å². The standard InChI is InChI=1S/C27H40.C2H6/c1-4-7-22(8-5-2)26-17-19-27(20-18-26)24-10-6-9-23(15-16-24)25-13-11-21(3)12-14-25;1-2/h10-16,22-23,26-27H,4-9,17-20H2,1-3H3;1-2H3. The van der Waals surface area contributed by atoms with Crippen LogP contribution in [0.1, 0.15) is 109 Å². The van der Waals surface area contributed by atoms with E-state index < -0.39 is 0 Å². The highest BCUT2D eigenvalue weighted by Gasteiger charge is 2.28. The summed E-state index contributed by atoms with van der Waals surface area (Å²) in [4.78, 5) is 0. The number of aryl methyl sites for hydroxylation is 1. The van der Waals surface area contributed by atoms with Gasteiger partial charge >= 0.3 is 0 Å². The molecule has 1 saturated carbocycles. The van der Waals surface area contributed by atoms with Crippen molar-refractivity contribution in [3.63, 3.8) is 0 Å². The average Bonchev–Trinajstić information content (AvgIpc) is 3.02. The zero-order valence-electron chi connectivity index (χ0n) is 19.9. The van der Waals surface area contributed by atoms with Gasteiger partial charge in [0.1, 0.15) is 0 Å². The molecule has 2 aliphatic carbocycles. The third kappa shape index (κ3) is 7.16. The number of hydrogen-bond donors (Lipinski definition) is 0. The van der Waals surface area contributed by atoms with E-state index >= 15 is 0 Å². The molecule has 2 aliphatic rings. The van der Waals surface area contributed by atoms with Crippen molar-refractivity contribution in [1.29, 1.82) is 0 Å². The van der Waals surface area contributed by atoms with Crippen LogP contribution < -0.4 is 0 Å². The zero-order chi connectivity index (χ0) is 21.1. The fourth-order valence-electron chi connectivity index (χ4n) is 5.50. The third-order valence-corrected chi connectivity index (χ3v) is 7.11. The summed E-state index contributed by atoms with van der Waals surface area (Å²) in [6, 6.07) is 9.16. The van der Waals surface area contributed by atoms with Crippen LogP contribution in [0.25, 0.3) is 0 Å². The lowest BCUT2D eigenvalue weighted by Crippen LogP contribution is -2.22. The van der Waals surface area contributed by atoms with Crippen LogP contribution in [-0.4, -0.2) is 0 Å². The highest BCUT2D eigenvalue weighted by atomic mass is 14.3. The van der Waals surface area contributed by atoms with Gasteiger partial charge in [-0.2, -0.15) is 0 Å². The monoisotopic (exact) mass is 394 g/mol. The number of benzene rings is 1. The van der Waals surface area contributed by atoms with Crippen LogP contribution >= 0.6 is 0 Å². The van der Waals surface area contributed by atoms with E-state index in [9.17, 15) is 0 Å². The van der Waals surface area contributed by atoms with E-state index in [0.717, 1.165) is 17.8 Å². The summed E-state index contributed by atoms with van der Waals surface area (Å²) < 4.78 is 0. The summed E-state index contributed by atoms with van der Waals surface area (Å²) in [7, 11) is 0. The van der Waals surface area contributed by atoms with Crippen LogP contribution in [0, 0.1) is 24.7 Å². The second kappa shape index (κ2) is 13.1. The predicted molar refractivity (Wildman–Crippen MR) is 130 cm³/mol. The summed E-state index contributed by atoms with van der Waals surface area (Å²) in [5.41, 5.74) is 4.49. The molecule has 162 valence electrons. The summed E-state index contributed by atoms with van der Waals surface area (Å²) >= 11 is 0. The summed E-state index contributed by atoms with van der Waals surface area (Å²) in [5, 5.41) is 0. The predicted octanol–water partition coefficient (Wildman–Crippen LogP) is 9.40. The van der Waals surface area contributed by atoms with E-state index in [1.807, 2.05) is 13.8 Å². The van der Waals surface area contributed by atoms with Gasteiger partial charge in [-0.3, -0.25) is 0 Å². The van der Waals surface area contributed by atoms with Crippen molar-refractivity contribution < 1.29 is 0 Å². The van der Waals surface area contributed by atoms with Crippen molar-refractivity contribution in [2.45, 2.75) is 105 Å². The second-order valence-corrected chi connectivity index (χ2v) is 9.11. The molecule has 1 atom stereocenters. The lowest BCUT2D eigenvalue weighted by molar-refractivity contribution is 0.198. The van der Waals surface area contributed by atoms with E-state index in [-0.39, 0.29) is 0 Å². The van der Waals surface area contributed by atoms with Crippen LogP contribution in [0.4, 0.5) is 0 Å². The molecule has 0 saturated heterocycles. The van der Waals surface area contributed by atoms with Crippen molar-refractivity contribution in [3.8, 4) is 0 Å². The molecule has 1 fully saturated rings. The Morgan fingerprint density at radius 3 is 2.07 bits per heavy atom. The molecule has 0 bridgehead atoms. The molecule has 0 aliphatic heterocycles. The maximum atomic E-state index is 2.56. The van der Waals surface area contributed by atoms with E-state index in [1.165, 1.54) is 75.3 Å². The van der Waals surface area contributed by atoms with Gasteiger partial charge in [-0.25, -0.2) is 0 Å². The quantitative estimate of drug-likeness (QED) is 0.432. The molecule has 0 heteroatoms. The van der Waals surface area contributed by atoms with E-state index in [1.54, 1.807) is 5.57 Å². The van der Waals surface area contributed by atoms with Crippen LogP contribution in [0.3, 0.4) is 0 Å². The molecule has 1 aromatic rings. The van der Waals surface area contributed by atoms with Gasteiger partial charge in [0.2, 0.25) is 0 Å². The molecule has 0 aromatic heterocycles. The van der Waals surface area contributed by atoms with E-state index in [0.29, 0.717) is 5.92 Å². The number of rotatable bonds is 7. The molecule has 1 aromatic carbocycles. The fraction of sp³-hybridized carbons (Fsp3) is 0.655. The van der Waals surface area contributed by atoms with E-state index in [2.05, 4.69) is 63.3 Å². The second-order valence-electron chi connectivity index (χ2n) is 9.11. The highest BCUT2D eigenvalue weighted by Crippen LogP contribution is 2.41. The maximum Gasteiger partial charge on any atom is 0.00241 e. The zero-order valence-corrected chi connectivity index (χ0v) is 19.9. The summed E-state index contributed by atoms with van der Waals surface area (Å²) in [6.07, 6.45) is 21.4. The SMILES string of the molecule is CC.CCCC(CCC)C1CCC(C2=CCCC(c3ccc(C)cc3)C=C2)CC1. The number of allylic oxidation sites excluding steroid dienone is 4. The largest absolute Gasteiger partial charge is 0.0810 e. The Labute approximate surface area is 181 Å². The Kier molecular flexibility index (Phi) is 10.8. The molecular formula is C29H46. The third-order valence-electron chi connectivity index (χ3n) is 7.11. The van der Waals surface area contributed by atoms with Gasteiger partial charge in [0.25, 0.3) is 0 Å². The molecule has 0 heterocycles. The molecule has 0 spiro atoms. The topological polar surface area (TPSA) is 0 Å². The van der Waals surface area contributed by atoms with Gasteiger partial charge in [0, 0.05) is 5.92 Å². The van der Waals surface area contributed by atoms with Gasteiger partial charge in [0.15, 0.2) is 0 Å². The summed E-state index contributed by atoms with van der Waals surface area (Å²) in [6.45, 7) is 10.9. The molecular weight excluding hydrogens is 348 g/mol. The van der Waals surface area contributed by atoms with Gasteiger partial charge in [-0.05, 0) is 74.3 Å². The molecule has 0 radical (unpaired) electrons. The molecule has 0 nitrogen and oxygen atoms in total. The minimum atomic E-state index is 0.592. The lowest BCUT2D eigenvalue weighted by atomic mass is 9.71. The van der Waals surface area contributed by atoms with Crippen molar-refractivity contribution in [2.75, 3.05) is 0 Å². The molecule has 0 amide bonds. The first-order valence-electron chi connectivity index (χ1n) is 12.7. The first-order chi connectivity index (χ1) is 14.2. The van der Waals surface area contributed by atoms with Gasteiger partial charge < -0.3 is 0 Å². The Morgan fingerprint density at radius 1 is 0.862 bits per heavy atom. The molecule has 3 rings (SSSR count). The minimum Gasteiger partial charge on any atom is -0.0810 e.